The first-order valence-corrected chi connectivity index (χ1v) is 6.69. The second-order valence-corrected chi connectivity index (χ2v) is 4.49. The lowest BCUT2D eigenvalue weighted by molar-refractivity contribution is 0.877. The van der Waals surface area contributed by atoms with Crippen molar-refractivity contribution in [3.8, 4) is 5.69 Å². The van der Waals surface area contributed by atoms with Gasteiger partial charge in [-0.2, -0.15) is 10.1 Å². The molecule has 106 valence electrons. The Morgan fingerprint density at radius 2 is 2.10 bits per heavy atom. The lowest BCUT2D eigenvalue weighted by atomic mass is 10.2. The number of hydrogen-bond donors (Lipinski definition) is 2. The van der Waals surface area contributed by atoms with Crippen LogP contribution >= 0.6 is 0 Å². The summed E-state index contributed by atoms with van der Waals surface area (Å²) in [5.41, 5.74) is 2.17. The van der Waals surface area contributed by atoms with Crippen molar-refractivity contribution < 1.29 is 0 Å². The van der Waals surface area contributed by atoms with E-state index in [2.05, 4.69) is 37.8 Å². The van der Waals surface area contributed by atoms with E-state index in [-0.39, 0.29) is 0 Å². The SMILES string of the molecule is CNc1ccnc(NCc2cccc(-n3cccn3)c2)n1. The first-order valence-electron chi connectivity index (χ1n) is 6.69. The fourth-order valence-electron chi connectivity index (χ4n) is 1.99. The van der Waals surface area contributed by atoms with Gasteiger partial charge < -0.3 is 10.6 Å². The molecule has 21 heavy (non-hydrogen) atoms. The predicted octanol–water partition coefficient (Wildman–Crippen LogP) is 2.32. The molecule has 0 bridgehead atoms. The van der Waals surface area contributed by atoms with Crippen molar-refractivity contribution in [2.24, 2.45) is 0 Å². The summed E-state index contributed by atoms with van der Waals surface area (Å²) in [6, 6.07) is 11.9. The van der Waals surface area contributed by atoms with Crippen LogP contribution in [0.1, 0.15) is 5.56 Å². The minimum absolute atomic E-state index is 0.603. The van der Waals surface area contributed by atoms with Gasteiger partial charge in [0.1, 0.15) is 5.82 Å². The Morgan fingerprint density at radius 1 is 1.14 bits per heavy atom. The maximum Gasteiger partial charge on any atom is 0.224 e. The molecule has 6 heteroatoms. The zero-order valence-electron chi connectivity index (χ0n) is 11.7. The topological polar surface area (TPSA) is 67.7 Å². The van der Waals surface area contributed by atoms with Crippen molar-refractivity contribution in [1.29, 1.82) is 0 Å². The van der Waals surface area contributed by atoms with E-state index in [0.717, 1.165) is 17.1 Å². The molecule has 0 aliphatic heterocycles. The molecular weight excluding hydrogens is 264 g/mol. The largest absolute Gasteiger partial charge is 0.373 e. The van der Waals surface area contributed by atoms with Crippen molar-refractivity contribution in [2.75, 3.05) is 17.7 Å². The molecular formula is C15H16N6. The normalized spacial score (nSPS) is 10.3. The molecule has 2 aromatic heterocycles. The van der Waals surface area contributed by atoms with Crippen LogP contribution in [-0.4, -0.2) is 26.8 Å². The maximum absolute atomic E-state index is 4.33. The number of hydrogen-bond acceptors (Lipinski definition) is 5. The van der Waals surface area contributed by atoms with Gasteiger partial charge in [0.05, 0.1) is 5.69 Å². The molecule has 0 saturated heterocycles. The fraction of sp³-hybridized carbons (Fsp3) is 0.133. The third-order valence-corrected chi connectivity index (χ3v) is 3.04. The Hall–Kier alpha value is -2.89. The summed E-state index contributed by atoms with van der Waals surface area (Å²) in [7, 11) is 1.83. The van der Waals surface area contributed by atoms with E-state index >= 15 is 0 Å². The first-order chi connectivity index (χ1) is 10.3. The van der Waals surface area contributed by atoms with E-state index < -0.39 is 0 Å². The maximum atomic E-state index is 4.33. The average Bonchev–Trinajstić information content (AvgIpc) is 3.08. The Balaban J connectivity index is 1.72. The molecule has 0 aliphatic rings. The van der Waals surface area contributed by atoms with Crippen molar-refractivity contribution in [3.63, 3.8) is 0 Å². The predicted molar refractivity (Wildman–Crippen MR) is 82.5 cm³/mol. The van der Waals surface area contributed by atoms with Crippen molar-refractivity contribution in [3.05, 3.63) is 60.6 Å². The summed E-state index contributed by atoms with van der Waals surface area (Å²) in [6.07, 6.45) is 5.41. The van der Waals surface area contributed by atoms with Gasteiger partial charge >= 0.3 is 0 Å². The van der Waals surface area contributed by atoms with Gasteiger partial charge in [0.2, 0.25) is 5.95 Å². The van der Waals surface area contributed by atoms with E-state index in [1.165, 1.54) is 0 Å². The fourth-order valence-corrected chi connectivity index (χ4v) is 1.99. The van der Waals surface area contributed by atoms with E-state index in [0.29, 0.717) is 12.5 Å². The smallest absolute Gasteiger partial charge is 0.224 e. The summed E-state index contributed by atoms with van der Waals surface area (Å²) in [5.74, 6) is 1.39. The zero-order chi connectivity index (χ0) is 14.5. The molecule has 0 atom stereocenters. The number of nitrogens with zero attached hydrogens (tertiary/aromatic N) is 4. The third kappa shape index (κ3) is 3.17. The van der Waals surface area contributed by atoms with Gasteiger partial charge in [-0.15, -0.1) is 0 Å². The van der Waals surface area contributed by atoms with Gasteiger partial charge in [0.25, 0.3) is 0 Å². The van der Waals surface area contributed by atoms with Crippen LogP contribution in [0.25, 0.3) is 5.69 Å². The molecule has 2 N–H and O–H groups in total. The molecule has 2 heterocycles. The average molecular weight is 280 g/mol. The Kier molecular flexibility index (Phi) is 3.77. The number of aromatic nitrogens is 4. The van der Waals surface area contributed by atoms with Crippen molar-refractivity contribution in [2.45, 2.75) is 6.54 Å². The quantitative estimate of drug-likeness (QED) is 0.750. The second-order valence-electron chi connectivity index (χ2n) is 4.49. The summed E-state index contributed by atoms with van der Waals surface area (Å²) in [5, 5.41) is 10.4. The van der Waals surface area contributed by atoms with Crippen molar-refractivity contribution >= 4 is 11.8 Å². The molecule has 0 spiro atoms. The lowest BCUT2D eigenvalue weighted by Crippen LogP contribution is -2.05. The molecule has 3 aromatic rings. The molecule has 0 radical (unpaired) electrons. The van der Waals surface area contributed by atoms with Crippen LogP contribution in [0.15, 0.2) is 55.0 Å². The highest BCUT2D eigenvalue weighted by Crippen LogP contribution is 2.11. The third-order valence-electron chi connectivity index (χ3n) is 3.04. The van der Waals surface area contributed by atoms with Crippen LogP contribution in [0, 0.1) is 0 Å². The van der Waals surface area contributed by atoms with Crippen LogP contribution in [-0.2, 0) is 6.54 Å². The Labute approximate surface area is 122 Å². The van der Waals surface area contributed by atoms with Crippen LogP contribution in [0.2, 0.25) is 0 Å². The highest BCUT2D eigenvalue weighted by molar-refractivity contribution is 5.40. The Morgan fingerprint density at radius 3 is 2.90 bits per heavy atom. The molecule has 0 saturated carbocycles. The minimum Gasteiger partial charge on any atom is -0.373 e. The molecule has 1 aromatic carbocycles. The van der Waals surface area contributed by atoms with Crippen molar-refractivity contribution in [1.82, 2.24) is 19.7 Å². The number of benzene rings is 1. The monoisotopic (exact) mass is 280 g/mol. The molecule has 0 unspecified atom stereocenters. The first kappa shape index (κ1) is 13.1. The molecule has 3 rings (SSSR count). The van der Waals surface area contributed by atoms with Crippen LogP contribution in [0.3, 0.4) is 0 Å². The van der Waals surface area contributed by atoms with Gasteiger partial charge in [-0.1, -0.05) is 12.1 Å². The standard InChI is InChI=1S/C15H16N6/c1-16-14-6-8-17-15(20-14)18-11-12-4-2-5-13(10-12)21-9-3-7-19-21/h2-10H,11H2,1H3,(H2,16,17,18,20). The minimum atomic E-state index is 0.603. The van der Waals surface area contributed by atoms with E-state index in [9.17, 15) is 0 Å². The van der Waals surface area contributed by atoms with E-state index in [1.807, 2.05) is 42.2 Å². The zero-order valence-corrected chi connectivity index (χ0v) is 11.7. The number of anilines is 2. The summed E-state index contributed by atoms with van der Waals surface area (Å²) >= 11 is 0. The van der Waals surface area contributed by atoms with E-state index in [4.69, 9.17) is 0 Å². The molecule has 0 aliphatic carbocycles. The van der Waals surface area contributed by atoms with Gasteiger partial charge in [-0.25, -0.2) is 9.67 Å². The van der Waals surface area contributed by atoms with Crippen LogP contribution in [0.4, 0.5) is 11.8 Å². The highest BCUT2D eigenvalue weighted by atomic mass is 15.3. The Bertz CT molecular complexity index is 708. The lowest BCUT2D eigenvalue weighted by Gasteiger charge is -2.08. The molecule has 0 fully saturated rings. The second kappa shape index (κ2) is 6.04. The summed E-state index contributed by atoms with van der Waals surface area (Å²) in [6.45, 7) is 0.655. The van der Waals surface area contributed by atoms with Gasteiger partial charge in [-0.05, 0) is 29.8 Å². The van der Waals surface area contributed by atoms with Gasteiger partial charge in [0.15, 0.2) is 0 Å². The van der Waals surface area contributed by atoms with Gasteiger partial charge in [-0.3, -0.25) is 0 Å². The van der Waals surface area contributed by atoms with Crippen LogP contribution in [0.5, 0.6) is 0 Å². The van der Waals surface area contributed by atoms with E-state index in [1.54, 1.807) is 12.4 Å². The van der Waals surface area contributed by atoms with Gasteiger partial charge in [0, 0.05) is 32.2 Å². The molecule has 0 amide bonds. The summed E-state index contributed by atoms with van der Waals surface area (Å²) in [4.78, 5) is 8.52. The summed E-state index contributed by atoms with van der Waals surface area (Å²) < 4.78 is 1.83. The molecule has 6 nitrogen and oxygen atoms in total. The number of nitrogens with one attached hydrogen (secondary N) is 2. The highest BCUT2D eigenvalue weighted by Gasteiger charge is 2.01. The number of rotatable bonds is 5. The van der Waals surface area contributed by atoms with Crippen LogP contribution < -0.4 is 10.6 Å².